The zero-order valence-electron chi connectivity index (χ0n) is 10.6. The van der Waals surface area contributed by atoms with E-state index in [1.165, 1.54) is 45.7 Å². The van der Waals surface area contributed by atoms with Crippen LogP contribution in [0.15, 0.2) is 0 Å². The molecule has 0 aromatic carbocycles. The standard InChI is InChI=1S/C12H27N3/c1-12(2)11-15-9-7-14(8-10-15)6-4-5-13-3/h12-13H,4-11H2,1-3H3. The van der Waals surface area contributed by atoms with Crippen LogP contribution in [0.4, 0.5) is 0 Å². The molecule has 90 valence electrons. The Bertz CT molecular complexity index is 151. The first-order valence-electron chi connectivity index (χ1n) is 6.31. The van der Waals surface area contributed by atoms with Crippen molar-refractivity contribution in [3.63, 3.8) is 0 Å². The molecule has 1 heterocycles. The quantitative estimate of drug-likeness (QED) is 0.661. The van der Waals surface area contributed by atoms with E-state index in [2.05, 4.69) is 29.0 Å². The number of rotatable bonds is 6. The maximum atomic E-state index is 3.21. The fourth-order valence-corrected chi connectivity index (χ4v) is 2.19. The molecular formula is C12H27N3. The van der Waals surface area contributed by atoms with Gasteiger partial charge in [-0.05, 0) is 32.5 Å². The summed E-state index contributed by atoms with van der Waals surface area (Å²) in [5.41, 5.74) is 0. The van der Waals surface area contributed by atoms with Gasteiger partial charge in [-0.15, -0.1) is 0 Å². The lowest BCUT2D eigenvalue weighted by molar-refractivity contribution is 0.121. The minimum absolute atomic E-state index is 0.806. The fraction of sp³-hybridized carbons (Fsp3) is 1.00. The summed E-state index contributed by atoms with van der Waals surface area (Å²) in [7, 11) is 2.03. The van der Waals surface area contributed by atoms with Crippen LogP contribution in [0, 0.1) is 5.92 Å². The van der Waals surface area contributed by atoms with Gasteiger partial charge in [-0.2, -0.15) is 0 Å². The third-order valence-corrected chi connectivity index (χ3v) is 2.99. The van der Waals surface area contributed by atoms with E-state index in [0.29, 0.717) is 0 Å². The SMILES string of the molecule is CNCCCN1CCN(CC(C)C)CC1. The summed E-state index contributed by atoms with van der Waals surface area (Å²) in [5, 5.41) is 3.21. The molecule has 1 aliphatic heterocycles. The van der Waals surface area contributed by atoms with Crippen molar-refractivity contribution >= 4 is 0 Å². The Balaban J connectivity index is 2.07. The van der Waals surface area contributed by atoms with Gasteiger partial charge in [0, 0.05) is 32.7 Å². The van der Waals surface area contributed by atoms with Crippen LogP contribution >= 0.6 is 0 Å². The maximum Gasteiger partial charge on any atom is 0.0110 e. The van der Waals surface area contributed by atoms with Crippen molar-refractivity contribution < 1.29 is 0 Å². The summed E-state index contributed by atoms with van der Waals surface area (Å²) in [6, 6.07) is 0. The molecule has 1 aliphatic rings. The van der Waals surface area contributed by atoms with Crippen molar-refractivity contribution in [1.29, 1.82) is 0 Å². The normalized spacial score (nSPS) is 20.0. The lowest BCUT2D eigenvalue weighted by Gasteiger charge is -2.35. The average molecular weight is 213 g/mol. The Kier molecular flexibility index (Phi) is 6.22. The zero-order valence-corrected chi connectivity index (χ0v) is 10.6. The van der Waals surface area contributed by atoms with Crippen molar-refractivity contribution in [3.8, 4) is 0 Å². The van der Waals surface area contributed by atoms with Crippen LogP contribution in [0.5, 0.6) is 0 Å². The monoisotopic (exact) mass is 213 g/mol. The Morgan fingerprint density at radius 2 is 1.67 bits per heavy atom. The van der Waals surface area contributed by atoms with Crippen LogP contribution in [0.2, 0.25) is 0 Å². The second-order valence-corrected chi connectivity index (χ2v) is 4.99. The van der Waals surface area contributed by atoms with Gasteiger partial charge in [0.1, 0.15) is 0 Å². The summed E-state index contributed by atoms with van der Waals surface area (Å²) in [6.45, 7) is 13.3. The van der Waals surface area contributed by atoms with Gasteiger partial charge >= 0.3 is 0 Å². The molecule has 3 heteroatoms. The highest BCUT2D eigenvalue weighted by Gasteiger charge is 2.16. The maximum absolute atomic E-state index is 3.21. The van der Waals surface area contributed by atoms with E-state index in [1.54, 1.807) is 0 Å². The average Bonchev–Trinajstić information content (AvgIpc) is 2.20. The molecule has 3 nitrogen and oxygen atoms in total. The van der Waals surface area contributed by atoms with E-state index in [-0.39, 0.29) is 0 Å². The van der Waals surface area contributed by atoms with Crippen LogP contribution in [-0.4, -0.2) is 62.7 Å². The molecule has 0 aromatic rings. The number of nitrogens with zero attached hydrogens (tertiary/aromatic N) is 2. The molecule has 1 rings (SSSR count). The van der Waals surface area contributed by atoms with Crippen molar-refractivity contribution in [2.45, 2.75) is 20.3 Å². The molecule has 0 radical (unpaired) electrons. The van der Waals surface area contributed by atoms with Gasteiger partial charge in [0.2, 0.25) is 0 Å². The molecule has 0 amide bonds. The van der Waals surface area contributed by atoms with Crippen molar-refractivity contribution in [1.82, 2.24) is 15.1 Å². The lowest BCUT2D eigenvalue weighted by Crippen LogP contribution is -2.47. The number of nitrogens with one attached hydrogen (secondary N) is 1. The van der Waals surface area contributed by atoms with Crippen LogP contribution in [0.25, 0.3) is 0 Å². The number of hydrogen-bond acceptors (Lipinski definition) is 3. The Morgan fingerprint density at radius 1 is 1.07 bits per heavy atom. The van der Waals surface area contributed by atoms with Gasteiger partial charge in [0.15, 0.2) is 0 Å². The predicted molar refractivity (Wildman–Crippen MR) is 66.3 cm³/mol. The summed E-state index contributed by atoms with van der Waals surface area (Å²) in [6.07, 6.45) is 1.28. The largest absolute Gasteiger partial charge is 0.320 e. The minimum Gasteiger partial charge on any atom is -0.320 e. The Hall–Kier alpha value is -0.120. The summed E-state index contributed by atoms with van der Waals surface area (Å²) >= 11 is 0. The van der Waals surface area contributed by atoms with E-state index < -0.39 is 0 Å². The van der Waals surface area contributed by atoms with E-state index in [9.17, 15) is 0 Å². The molecule has 0 unspecified atom stereocenters. The summed E-state index contributed by atoms with van der Waals surface area (Å²) < 4.78 is 0. The molecule has 0 saturated carbocycles. The van der Waals surface area contributed by atoms with Gasteiger partial charge in [-0.25, -0.2) is 0 Å². The van der Waals surface area contributed by atoms with Crippen molar-refractivity contribution in [2.24, 2.45) is 5.92 Å². The Morgan fingerprint density at radius 3 is 2.20 bits per heavy atom. The highest BCUT2D eigenvalue weighted by atomic mass is 15.3. The predicted octanol–water partition coefficient (Wildman–Crippen LogP) is 0.870. The molecule has 0 aliphatic carbocycles. The van der Waals surface area contributed by atoms with E-state index in [0.717, 1.165) is 12.5 Å². The topological polar surface area (TPSA) is 18.5 Å². The molecule has 0 atom stereocenters. The first-order chi connectivity index (χ1) is 7.22. The van der Waals surface area contributed by atoms with Gasteiger partial charge in [-0.3, -0.25) is 0 Å². The van der Waals surface area contributed by atoms with Gasteiger partial charge < -0.3 is 15.1 Å². The zero-order chi connectivity index (χ0) is 11.1. The molecule has 1 fully saturated rings. The molecule has 0 aromatic heterocycles. The number of hydrogen-bond donors (Lipinski definition) is 1. The van der Waals surface area contributed by atoms with E-state index >= 15 is 0 Å². The van der Waals surface area contributed by atoms with E-state index in [4.69, 9.17) is 0 Å². The van der Waals surface area contributed by atoms with Crippen molar-refractivity contribution in [2.75, 3.05) is 52.9 Å². The molecule has 1 N–H and O–H groups in total. The second-order valence-electron chi connectivity index (χ2n) is 4.99. The molecule has 0 bridgehead atoms. The van der Waals surface area contributed by atoms with Crippen LogP contribution in [0.1, 0.15) is 20.3 Å². The first kappa shape index (κ1) is 12.9. The number of piperazine rings is 1. The first-order valence-corrected chi connectivity index (χ1v) is 6.31. The third kappa shape index (κ3) is 5.50. The van der Waals surface area contributed by atoms with Gasteiger partial charge in [-0.1, -0.05) is 13.8 Å². The fourth-order valence-electron chi connectivity index (χ4n) is 2.19. The molecule has 0 spiro atoms. The lowest BCUT2D eigenvalue weighted by atomic mass is 10.2. The van der Waals surface area contributed by atoms with Gasteiger partial charge in [0.05, 0.1) is 0 Å². The smallest absolute Gasteiger partial charge is 0.0110 e. The van der Waals surface area contributed by atoms with Crippen molar-refractivity contribution in [3.05, 3.63) is 0 Å². The minimum atomic E-state index is 0.806. The highest BCUT2D eigenvalue weighted by Crippen LogP contribution is 2.05. The molecule has 15 heavy (non-hydrogen) atoms. The summed E-state index contributed by atoms with van der Waals surface area (Å²) in [4.78, 5) is 5.19. The second kappa shape index (κ2) is 7.20. The summed E-state index contributed by atoms with van der Waals surface area (Å²) in [5.74, 6) is 0.806. The van der Waals surface area contributed by atoms with Gasteiger partial charge in [0.25, 0.3) is 0 Å². The van der Waals surface area contributed by atoms with Crippen LogP contribution in [-0.2, 0) is 0 Å². The molecule has 1 saturated heterocycles. The Labute approximate surface area is 94.8 Å². The van der Waals surface area contributed by atoms with E-state index in [1.807, 2.05) is 7.05 Å². The van der Waals surface area contributed by atoms with Crippen LogP contribution in [0.3, 0.4) is 0 Å². The molecular weight excluding hydrogens is 186 g/mol. The van der Waals surface area contributed by atoms with Crippen LogP contribution < -0.4 is 5.32 Å². The third-order valence-electron chi connectivity index (χ3n) is 2.99. The highest BCUT2D eigenvalue weighted by molar-refractivity contribution is 4.72.